The van der Waals surface area contributed by atoms with Crippen LogP contribution in [0.4, 0.5) is 0 Å². The van der Waals surface area contributed by atoms with Crippen molar-refractivity contribution in [1.82, 2.24) is 0 Å². The van der Waals surface area contributed by atoms with Crippen LogP contribution in [0.5, 0.6) is 0 Å². The van der Waals surface area contributed by atoms with Gasteiger partial charge in [-0.05, 0) is 49.4 Å². The maximum atomic E-state index is 10.4. The third-order valence-corrected chi connectivity index (χ3v) is 8.48. The summed E-state index contributed by atoms with van der Waals surface area (Å²) in [6.45, 7) is 2.14. The molecule has 2 aliphatic heterocycles. The number of hydrogen-bond donors (Lipinski definition) is 1. The summed E-state index contributed by atoms with van der Waals surface area (Å²) in [5.41, 5.74) is -3.28. The summed E-state index contributed by atoms with van der Waals surface area (Å²) >= 11 is 0. The lowest BCUT2D eigenvalue weighted by molar-refractivity contribution is -0.307. The minimum Gasteiger partial charge on any atom is -0.447 e. The van der Waals surface area contributed by atoms with E-state index in [2.05, 4.69) is 37.3 Å². The van der Waals surface area contributed by atoms with Crippen molar-refractivity contribution in [3.63, 3.8) is 0 Å². The highest BCUT2D eigenvalue weighted by Gasteiger charge is 2.81. The zero-order chi connectivity index (χ0) is 20.4. The number of ether oxygens (including phenoxy) is 2. The minimum atomic E-state index is -1.72. The second kappa shape index (κ2) is 6.07. The molecule has 5 rings (SSSR count). The maximum Gasteiger partial charge on any atom is 0.217 e. The average molecular weight is 390 g/mol. The van der Waals surface area contributed by atoms with Gasteiger partial charge in [0.15, 0.2) is 10.8 Å². The van der Waals surface area contributed by atoms with Gasteiger partial charge in [-0.25, -0.2) is 0 Å². The molecule has 8 unspecified atom stereocenters. The Hall–Kier alpha value is -2.36. The van der Waals surface area contributed by atoms with Crippen LogP contribution in [0, 0.1) is 79.8 Å². The number of fused-ring (bicyclic) bond motifs is 2. The van der Waals surface area contributed by atoms with Crippen LogP contribution in [0.2, 0.25) is 0 Å². The Bertz CT molecular complexity index is 893. The van der Waals surface area contributed by atoms with Gasteiger partial charge in [0.1, 0.15) is 0 Å². The highest BCUT2D eigenvalue weighted by molar-refractivity contribution is 5.89. The van der Waals surface area contributed by atoms with E-state index in [1.165, 1.54) is 0 Å². The molecule has 3 aliphatic carbocycles. The average Bonchev–Trinajstić information content (AvgIpc) is 3.40. The molecule has 4 bridgehead atoms. The van der Waals surface area contributed by atoms with Crippen molar-refractivity contribution in [2.24, 2.45) is 40.4 Å². The van der Waals surface area contributed by atoms with Crippen LogP contribution in [0.3, 0.4) is 0 Å². The Kier molecular flexibility index (Phi) is 3.90. The van der Waals surface area contributed by atoms with Gasteiger partial charge in [0.25, 0.3) is 0 Å². The first-order valence-corrected chi connectivity index (χ1v) is 10.9. The minimum absolute atomic E-state index is 0.0118. The summed E-state index contributed by atoms with van der Waals surface area (Å²) < 4.78 is 12.7. The second-order valence-electron chi connectivity index (χ2n) is 9.66. The second-order valence-corrected chi connectivity index (χ2v) is 9.66. The molecule has 2 heterocycles. The first-order chi connectivity index (χ1) is 14.0. The van der Waals surface area contributed by atoms with Crippen molar-refractivity contribution < 1.29 is 9.47 Å². The fourth-order valence-corrected chi connectivity index (χ4v) is 7.19. The van der Waals surface area contributed by atoms with Crippen LogP contribution in [0.1, 0.15) is 51.9 Å². The Morgan fingerprint density at radius 1 is 1.14 bits per heavy atom. The van der Waals surface area contributed by atoms with E-state index in [0.29, 0.717) is 24.7 Å². The maximum absolute atomic E-state index is 10.4. The van der Waals surface area contributed by atoms with Gasteiger partial charge in [-0.3, -0.25) is 5.41 Å². The van der Waals surface area contributed by atoms with Gasteiger partial charge in [0, 0.05) is 6.42 Å². The van der Waals surface area contributed by atoms with Gasteiger partial charge in [-0.1, -0.05) is 31.9 Å². The molecule has 5 aliphatic rings. The fraction of sp³-hybridized carbons (Fsp3) is 0.739. The molecule has 29 heavy (non-hydrogen) atoms. The van der Waals surface area contributed by atoms with Crippen molar-refractivity contribution >= 4 is 5.90 Å². The van der Waals surface area contributed by atoms with Gasteiger partial charge in [-0.2, -0.15) is 15.8 Å². The molecule has 0 spiro atoms. The standard InChI is InChI=1S/C23H26N4O2/c1-2-3-14-6-7-23-18(10-14)22(13-26,20(27)29-23)21(11-24,12-25)19(28-23)17-9-15-4-5-16(17)8-15/h4-5,14-19,27H,2-3,6-10H2,1H3. The van der Waals surface area contributed by atoms with E-state index in [1.807, 2.05) is 0 Å². The van der Waals surface area contributed by atoms with Crippen LogP contribution in [0.25, 0.3) is 0 Å². The predicted molar refractivity (Wildman–Crippen MR) is 103 cm³/mol. The summed E-state index contributed by atoms with van der Waals surface area (Å²) in [5.74, 6) is -0.576. The van der Waals surface area contributed by atoms with Crippen LogP contribution in [0.15, 0.2) is 12.2 Å². The first-order valence-electron chi connectivity index (χ1n) is 10.9. The van der Waals surface area contributed by atoms with E-state index in [-0.39, 0.29) is 17.7 Å². The van der Waals surface area contributed by atoms with Crippen molar-refractivity contribution in [2.75, 3.05) is 0 Å². The molecule has 2 saturated heterocycles. The van der Waals surface area contributed by atoms with Crippen molar-refractivity contribution in [2.45, 2.75) is 63.8 Å². The third kappa shape index (κ3) is 2.05. The van der Waals surface area contributed by atoms with E-state index in [0.717, 1.165) is 32.1 Å². The van der Waals surface area contributed by atoms with E-state index in [1.54, 1.807) is 0 Å². The molecule has 6 nitrogen and oxygen atoms in total. The van der Waals surface area contributed by atoms with Crippen molar-refractivity contribution in [3.05, 3.63) is 12.2 Å². The molecule has 4 fully saturated rings. The molecule has 0 aromatic rings. The Balaban J connectivity index is 1.65. The molecule has 0 aromatic heterocycles. The highest BCUT2D eigenvalue weighted by Crippen LogP contribution is 2.69. The lowest BCUT2D eigenvalue weighted by Gasteiger charge is -2.54. The molecule has 6 heteroatoms. The van der Waals surface area contributed by atoms with Crippen LogP contribution < -0.4 is 0 Å². The Morgan fingerprint density at radius 3 is 2.52 bits per heavy atom. The summed E-state index contributed by atoms with van der Waals surface area (Å²) in [6.07, 6.45) is 9.86. The zero-order valence-corrected chi connectivity index (χ0v) is 16.7. The van der Waals surface area contributed by atoms with Crippen molar-refractivity contribution in [1.29, 1.82) is 21.2 Å². The molecular weight excluding hydrogens is 364 g/mol. The van der Waals surface area contributed by atoms with E-state index in [9.17, 15) is 15.8 Å². The Labute approximate surface area is 171 Å². The molecule has 0 aromatic carbocycles. The van der Waals surface area contributed by atoms with E-state index >= 15 is 0 Å². The van der Waals surface area contributed by atoms with Gasteiger partial charge in [-0.15, -0.1) is 0 Å². The van der Waals surface area contributed by atoms with E-state index < -0.39 is 28.6 Å². The highest BCUT2D eigenvalue weighted by atomic mass is 16.7. The van der Waals surface area contributed by atoms with Gasteiger partial charge in [0.05, 0.1) is 30.2 Å². The summed E-state index contributed by atoms with van der Waals surface area (Å²) in [5, 5.41) is 39.8. The molecule has 150 valence electrons. The summed E-state index contributed by atoms with van der Waals surface area (Å²) in [4.78, 5) is 0. The zero-order valence-electron chi connectivity index (χ0n) is 16.7. The number of rotatable bonds is 3. The summed E-state index contributed by atoms with van der Waals surface area (Å²) in [7, 11) is 0. The molecule has 0 amide bonds. The number of nitrogens with one attached hydrogen (secondary N) is 1. The summed E-state index contributed by atoms with van der Waals surface area (Å²) in [6, 6.07) is 6.77. The smallest absolute Gasteiger partial charge is 0.217 e. The van der Waals surface area contributed by atoms with Gasteiger partial charge in [0.2, 0.25) is 11.7 Å². The first kappa shape index (κ1) is 18.7. The predicted octanol–water partition coefficient (Wildman–Crippen LogP) is 4.06. The van der Waals surface area contributed by atoms with Crippen LogP contribution in [-0.2, 0) is 9.47 Å². The normalized spacial score (nSPS) is 48.3. The topological polar surface area (TPSA) is 114 Å². The quantitative estimate of drug-likeness (QED) is 0.730. The Morgan fingerprint density at radius 2 is 1.93 bits per heavy atom. The van der Waals surface area contributed by atoms with Crippen molar-refractivity contribution in [3.8, 4) is 18.2 Å². The monoisotopic (exact) mass is 390 g/mol. The fourth-order valence-electron chi connectivity index (χ4n) is 7.19. The van der Waals surface area contributed by atoms with E-state index in [4.69, 9.17) is 14.9 Å². The molecule has 0 radical (unpaired) electrons. The SMILES string of the molecule is CCCC1CCC23OC(=N)C(C#N)(C2C1)C(C#N)(C#N)C(C1CC2C=CC1C2)O3. The lowest BCUT2D eigenvalue weighted by atomic mass is 9.49. The molecule has 1 N–H and O–H groups in total. The number of hydrogen-bond acceptors (Lipinski definition) is 6. The van der Waals surface area contributed by atoms with Gasteiger partial charge >= 0.3 is 0 Å². The third-order valence-electron chi connectivity index (χ3n) is 8.48. The van der Waals surface area contributed by atoms with Crippen LogP contribution in [-0.4, -0.2) is 17.8 Å². The molecule has 8 atom stereocenters. The molecular formula is C23H26N4O2. The number of nitrogens with zero attached hydrogens (tertiary/aromatic N) is 3. The van der Waals surface area contributed by atoms with Crippen LogP contribution >= 0.6 is 0 Å². The molecule has 2 saturated carbocycles. The number of allylic oxidation sites excluding steroid dienone is 2. The van der Waals surface area contributed by atoms with Gasteiger partial charge < -0.3 is 9.47 Å². The largest absolute Gasteiger partial charge is 0.447 e. The lowest BCUT2D eigenvalue weighted by Crippen LogP contribution is -2.65. The number of nitriles is 3.